The van der Waals surface area contributed by atoms with E-state index in [1.165, 1.54) is 44.9 Å². The Hall–Kier alpha value is -1.10. The van der Waals surface area contributed by atoms with Crippen LogP contribution in [-0.2, 0) is 0 Å². The molecule has 4 nitrogen and oxygen atoms in total. The van der Waals surface area contributed by atoms with Crippen LogP contribution in [0.2, 0.25) is 0 Å². The van der Waals surface area contributed by atoms with E-state index in [-0.39, 0.29) is 10.6 Å². The summed E-state index contributed by atoms with van der Waals surface area (Å²) in [7, 11) is 0. The largest absolute Gasteiger partial charge is 0.381 e. The molecular formula is C15H21BrN2O2. The summed E-state index contributed by atoms with van der Waals surface area (Å²) in [6.45, 7) is 1.79. The maximum absolute atomic E-state index is 10.9. The van der Waals surface area contributed by atoms with E-state index < -0.39 is 0 Å². The van der Waals surface area contributed by atoms with Gasteiger partial charge in [-0.2, -0.15) is 0 Å². The topological polar surface area (TPSA) is 55.2 Å². The van der Waals surface area contributed by atoms with Crippen molar-refractivity contribution in [3.8, 4) is 0 Å². The molecule has 1 aromatic rings. The van der Waals surface area contributed by atoms with E-state index in [1.54, 1.807) is 13.0 Å². The fourth-order valence-electron chi connectivity index (χ4n) is 2.80. The van der Waals surface area contributed by atoms with E-state index in [4.69, 9.17) is 0 Å². The highest BCUT2D eigenvalue weighted by Crippen LogP contribution is 2.32. The van der Waals surface area contributed by atoms with Gasteiger partial charge in [-0.25, -0.2) is 0 Å². The Balaban J connectivity index is 2.12. The minimum Gasteiger partial charge on any atom is -0.381 e. The molecule has 2 rings (SSSR count). The van der Waals surface area contributed by atoms with Gasteiger partial charge in [0.25, 0.3) is 5.69 Å². The summed E-state index contributed by atoms with van der Waals surface area (Å²) < 4.78 is 0.775. The van der Waals surface area contributed by atoms with Crippen molar-refractivity contribution in [3.05, 3.63) is 32.3 Å². The van der Waals surface area contributed by atoms with Crippen LogP contribution in [0.3, 0.4) is 0 Å². The van der Waals surface area contributed by atoms with E-state index in [0.717, 1.165) is 10.2 Å². The molecule has 1 aromatic carbocycles. The molecule has 0 aromatic heterocycles. The molecule has 0 aliphatic heterocycles. The third-order valence-corrected chi connectivity index (χ3v) is 4.60. The first kappa shape index (κ1) is 15.3. The third kappa shape index (κ3) is 3.95. The van der Waals surface area contributed by atoms with Crippen LogP contribution in [0, 0.1) is 17.0 Å². The first-order valence-corrected chi connectivity index (χ1v) is 8.08. The maximum atomic E-state index is 10.9. The summed E-state index contributed by atoms with van der Waals surface area (Å²) in [6, 6.07) is 3.95. The summed E-state index contributed by atoms with van der Waals surface area (Å²) in [5, 5.41) is 14.5. The van der Waals surface area contributed by atoms with Crippen LogP contribution >= 0.6 is 15.9 Å². The van der Waals surface area contributed by atoms with Crippen LogP contribution in [-0.4, -0.2) is 11.0 Å². The summed E-state index contributed by atoms with van der Waals surface area (Å²) in [5.41, 5.74) is 1.84. The molecule has 0 spiro atoms. The van der Waals surface area contributed by atoms with Crippen molar-refractivity contribution in [2.45, 2.75) is 57.9 Å². The monoisotopic (exact) mass is 340 g/mol. The Labute approximate surface area is 128 Å². The standard InChI is InChI=1S/C15H21BrN2O2/c1-11-9-14(13(16)10-15(11)18(19)20)17-12-7-5-3-2-4-6-8-12/h9-10,12,17H,2-8H2,1H3. The van der Waals surface area contributed by atoms with Crippen molar-refractivity contribution in [2.24, 2.45) is 0 Å². The third-order valence-electron chi connectivity index (χ3n) is 3.95. The molecule has 0 bridgehead atoms. The van der Waals surface area contributed by atoms with Crippen LogP contribution in [0.5, 0.6) is 0 Å². The molecule has 1 saturated carbocycles. The second-order valence-electron chi connectivity index (χ2n) is 5.56. The number of hydrogen-bond donors (Lipinski definition) is 1. The van der Waals surface area contributed by atoms with Gasteiger partial charge in [-0.1, -0.05) is 32.1 Å². The molecule has 1 fully saturated rings. The number of anilines is 1. The van der Waals surface area contributed by atoms with Gasteiger partial charge in [0.2, 0.25) is 0 Å². The van der Waals surface area contributed by atoms with Crippen LogP contribution in [0.1, 0.15) is 50.5 Å². The predicted octanol–water partition coefficient (Wildman–Crippen LogP) is 5.19. The van der Waals surface area contributed by atoms with Crippen LogP contribution in [0.15, 0.2) is 16.6 Å². The Morgan fingerprint density at radius 2 is 1.80 bits per heavy atom. The lowest BCUT2D eigenvalue weighted by molar-refractivity contribution is -0.385. The second kappa shape index (κ2) is 7.07. The molecule has 0 radical (unpaired) electrons. The van der Waals surface area contributed by atoms with Crippen molar-refractivity contribution in [1.29, 1.82) is 0 Å². The molecule has 110 valence electrons. The number of nitrogens with one attached hydrogen (secondary N) is 1. The van der Waals surface area contributed by atoms with Gasteiger partial charge in [0, 0.05) is 27.8 Å². The van der Waals surface area contributed by atoms with E-state index in [0.29, 0.717) is 11.6 Å². The maximum Gasteiger partial charge on any atom is 0.273 e. The van der Waals surface area contributed by atoms with Crippen LogP contribution in [0.25, 0.3) is 0 Å². The fraction of sp³-hybridized carbons (Fsp3) is 0.600. The molecule has 0 amide bonds. The zero-order valence-corrected chi connectivity index (χ0v) is 13.4. The molecule has 0 atom stereocenters. The molecule has 1 aliphatic rings. The number of benzene rings is 1. The van der Waals surface area contributed by atoms with Gasteiger partial charge < -0.3 is 5.32 Å². The predicted molar refractivity (Wildman–Crippen MR) is 85.3 cm³/mol. The Morgan fingerprint density at radius 1 is 1.20 bits per heavy atom. The summed E-state index contributed by atoms with van der Waals surface area (Å²) in [6.07, 6.45) is 8.89. The lowest BCUT2D eigenvalue weighted by Crippen LogP contribution is -2.20. The number of nitrogens with zero attached hydrogens (tertiary/aromatic N) is 1. The first-order chi connectivity index (χ1) is 9.58. The molecule has 1 aliphatic carbocycles. The Morgan fingerprint density at radius 3 is 2.40 bits per heavy atom. The molecule has 0 saturated heterocycles. The van der Waals surface area contributed by atoms with Gasteiger partial charge in [-0.05, 0) is 41.8 Å². The van der Waals surface area contributed by atoms with E-state index >= 15 is 0 Å². The van der Waals surface area contributed by atoms with Crippen molar-refractivity contribution >= 4 is 27.3 Å². The minimum absolute atomic E-state index is 0.167. The average molecular weight is 341 g/mol. The number of halogens is 1. The zero-order chi connectivity index (χ0) is 14.5. The number of aryl methyl sites for hydroxylation is 1. The van der Waals surface area contributed by atoms with Gasteiger partial charge in [0.15, 0.2) is 0 Å². The quantitative estimate of drug-likeness (QED) is 0.608. The molecule has 1 N–H and O–H groups in total. The highest BCUT2D eigenvalue weighted by Gasteiger charge is 2.17. The molecular weight excluding hydrogens is 320 g/mol. The highest BCUT2D eigenvalue weighted by molar-refractivity contribution is 9.10. The van der Waals surface area contributed by atoms with Crippen molar-refractivity contribution in [3.63, 3.8) is 0 Å². The smallest absolute Gasteiger partial charge is 0.273 e. The number of hydrogen-bond acceptors (Lipinski definition) is 3. The van der Waals surface area contributed by atoms with E-state index in [9.17, 15) is 10.1 Å². The summed E-state index contributed by atoms with van der Waals surface area (Å²) in [4.78, 5) is 10.6. The summed E-state index contributed by atoms with van der Waals surface area (Å²) in [5.74, 6) is 0. The van der Waals surface area contributed by atoms with Crippen molar-refractivity contribution in [2.75, 3.05) is 5.32 Å². The first-order valence-electron chi connectivity index (χ1n) is 7.29. The van der Waals surface area contributed by atoms with Crippen LogP contribution in [0.4, 0.5) is 11.4 Å². The highest BCUT2D eigenvalue weighted by atomic mass is 79.9. The number of rotatable bonds is 3. The van der Waals surface area contributed by atoms with Gasteiger partial charge in [-0.15, -0.1) is 0 Å². The van der Waals surface area contributed by atoms with Gasteiger partial charge in [-0.3, -0.25) is 10.1 Å². The zero-order valence-electron chi connectivity index (χ0n) is 11.8. The van der Waals surface area contributed by atoms with E-state index in [1.807, 2.05) is 6.07 Å². The molecule has 0 heterocycles. The Bertz CT molecular complexity index is 483. The normalized spacial score (nSPS) is 17.3. The molecule has 20 heavy (non-hydrogen) atoms. The van der Waals surface area contributed by atoms with Gasteiger partial charge >= 0.3 is 0 Å². The lowest BCUT2D eigenvalue weighted by Gasteiger charge is -2.23. The van der Waals surface area contributed by atoms with E-state index in [2.05, 4.69) is 21.2 Å². The number of nitro benzene ring substituents is 1. The van der Waals surface area contributed by atoms with Gasteiger partial charge in [0.05, 0.1) is 4.92 Å². The minimum atomic E-state index is -0.334. The summed E-state index contributed by atoms with van der Waals surface area (Å²) >= 11 is 3.44. The second-order valence-corrected chi connectivity index (χ2v) is 6.42. The SMILES string of the molecule is Cc1cc(NC2CCCCCCC2)c(Br)cc1[N+](=O)[O-]. The van der Waals surface area contributed by atoms with Crippen LogP contribution < -0.4 is 5.32 Å². The molecule has 5 heteroatoms. The molecule has 0 unspecified atom stereocenters. The Kier molecular flexibility index (Phi) is 5.40. The van der Waals surface area contributed by atoms with Crippen molar-refractivity contribution < 1.29 is 4.92 Å². The fourth-order valence-corrected chi connectivity index (χ4v) is 3.24. The van der Waals surface area contributed by atoms with Crippen molar-refractivity contribution in [1.82, 2.24) is 0 Å². The number of nitro groups is 1. The average Bonchev–Trinajstić information content (AvgIpc) is 2.35. The van der Waals surface area contributed by atoms with Gasteiger partial charge in [0.1, 0.15) is 0 Å². The lowest BCUT2D eigenvalue weighted by atomic mass is 9.96.